The van der Waals surface area contributed by atoms with Gasteiger partial charge >= 0.3 is 0 Å². The van der Waals surface area contributed by atoms with Gasteiger partial charge in [-0.1, -0.05) is 37.3 Å². The number of hydrogen-bond acceptors (Lipinski definition) is 3. The fourth-order valence-electron chi connectivity index (χ4n) is 2.26. The second-order valence-corrected chi connectivity index (χ2v) is 5.31. The average molecular weight is 270 g/mol. The Morgan fingerprint density at radius 1 is 1.40 bits per heavy atom. The summed E-state index contributed by atoms with van der Waals surface area (Å²) >= 11 is 0. The number of amides is 1. The molecule has 0 unspecified atom stereocenters. The summed E-state index contributed by atoms with van der Waals surface area (Å²) in [6.45, 7) is 2.40. The number of Topliss-reactive ketones (excluding diaryl/α,β-unsaturated/α-hetero) is 1. The number of nitrogens with zero attached hydrogens (tertiary/aromatic N) is 1. The smallest absolute Gasteiger partial charge is 0.245 e. The summed E-state index contributed by atoms with van der Waals surface area (Å²) < 4.78 is 0. The summed E-state index contributed by atoms with van der Waals surface area (Å²) in [5.41, 5.74) is 1.11. The van der Waals surface area contributed by atoms with Gasteiger partial charge in [-0.2, -0.15) is 5.26 Å². The Labute approximate surface area is 118 Å². The molecule has 4 nitrogen and oxygen atoms in total. The summed E-state index contributed by atoms with van der Waals surface area (Å²) in [5, 5.41) is 11.7. The predicted octanol–water partition coefficient (Wildman–Crippen LogP) is 1.71. The summed E-state index contributed by atoms with van der Waals surface area (Å²) in [5.74, 6) is -1.62. The lowest BCUT2D eigenvalue weighted by Gasteiger charge is -2.09. The van der Waals surface area contributed by atoms with Gasteiger partial charge in [0.25, 0.3) is 0 Å². The molecule has 20 heavy (non-hydrogen) atoms. The zero-order chi connectivity index (χ0) is 14.5. The molecule has 1 aromatic rings. The minimum atomic E-state index is -1.15. The molecule has 1 N–H and O–H groups in total. The van der Waals surface area contributed by atoms with E-state index in [1.165, 1.54) is 0 Å². The molecule has 1 saturated carbocycles. The topological polar surface area (TPSA) is 70.0 Å². The molecule has 0 bridgehead atoms. The highest BCUT2D eigenvalue weighted by atomic mass is 16.2. The van der Waals surface area contributed by atoms with Gasteiger partial charge in [0.1, 0.15) is 0 Å². The van der Waals surface area contributed by atoms with Crippen LogP contribution in [0.15, 0.2) is 30.3 Å². The van der Waals surface area contributed by atoms with Gasteiger partial charge in [0, 0.05) is 12.5 Å². The van der Waals surface area contributed by atoms with Crippen LogP contribution in [0.2, 0.25) is 0 Å². The molecular formula is C16H18N2O2. The van der Waals surface area contributed by atoms with Crippen molar-refractivity contribution in [2.45, 2.75) is 19.8 Å². The Bertz CT molecular complexity index is 533. The lowest BCUT2D eigenvalue weighted by atomic mass is 10.00. The van der Waals surface area contributed by atoms with E-state index in [4.69, 9.17) is 5.26 Å². The van der Waals surface area contributed by atoms with Crippen LogP contribution in [0.25, 0.3) is 0 Å². The molecule has 0 aromatic heterocycles. The number of hydrogen-bond donors (Lipinski definition) is 1. The van der Waals surface area contributed by atoms with E-state index in [9.17, 15) is 9.59 Å². The molecule has 1 aromatic carbocycles. The maximum absolute atomic E-state index is 11.9. The Hall–Kier alpha value is -2.15. The number of nitriles is 1. The number of nitrogens with one attached hydrogen (secondary N) is 1. The van der Waals surface area contributed by atoms with Crippen LogP contribution in [-0.4, -0.2) is 18.2 Å². The molecule has 0 saturated heterocycles. The Kier molecular flexibility index (Phi) is 4.52. The van der Waals surface area contributed by atoms with E-state index in [1.807, 2.05) is 43.3 Å². The average Bonchev–Trinajstić information content (AvgIpc) is 3.18. The number of carbonyl (C=O) groups is 2. The number of carbonyl (C=O) groups excluding carboxylic acids is 2. The monoisotopic (exact) mass is 270 g/mol. The largest absolute Gasteiger partial charge is 0.354 e. The van der Waals surface area contributed by atoms with Crippen LogP contribution < -0.4 is 5.32 Å². The van der Waals surface area contributed by atoms with Gasteiger partial charge in [-0.3, -0.25) is 9.59 Å². The molecular weight excluding hydrogens is 252 g/mol. The summed E-state index contributed by atoms with van der Waals surface area (Å²) in [7, 11) is 0. The fraction of sp³-hybridized carbons (Fsp3) is 0.438. The van der Waals surface area contributed by atoms with Gasteiger partial charge in [-0.05, 0) is 24.3 Å². The predicted molar refractivity (Wildman–Crippen MR) is 74.5 cm³/mol. The molecule has 1 amide bonds. The summed E-state index contributed by atoms with van der Waals surface area (Å²) in [4.78, 5) is 23.8. The third kappa shape index (κ3) is 3.45. The molecule has 0 spiro atoms. The molecule has 0 aliphatic heterocycles. The number of ketones is 1. The number of benzene rings is 1. The molecule has 104 valence electrons. The quantitative estimate of drug-likeness (QED) is 0.800. The minimum Gasteiger partial charge on any atom is -0.354 e. The molecule has 3 atom stereocenters. The van der Waals surface area contributed by atoms with Gasteiger partial charge in [0.15, 0.2) is 11.7 Å². The first-order valence-corrected chi connectivity index (χ1v) is 6.88. The van der Waals surface area contributed by atoms with Gasteiger partial charge in [0.2, 0.25) is 5.91 Å². The highest BCUT2D eigenvalue weighted by Crippen LogP contribution is 2.40. The van der Waals surface area contributed by atoms with E-state index in [0.29, 0.717) is 18.9 Å². The van der Waals surface area contributed by atoms with E-state index >= 15 is 0 Å². The molecule has 1 fully saturated rings. The first kappa shape index (κ1) is 14.3. The normalized spacial score (nSPS) is 21.6. The van der Waals surface area contributed by atoms with E-state index in [-0.39, 0.29) is 11.7 Å². The third-order valence-electron chi connectivity index (χ3n) is 3.71. The van der Waals surface area contributed by atoms with Crippen molar-refractivity contribution in [1.29, 1.82) is 5.26 Å². The number of rotatable bonds is 6. The zero-order valence-electron chi connectivity index (χ0n) is 11.5. The first-order chi connectivity index (χ1) is 9.63. The van der Waals surface area contributed by atoms with Gasteiger partial charge in [-0.25, -0.2) is 0 Å². The third-order valence-corrected chi connectivity index (χ3v) is 3.71. The van der Waals surface area contributed by atoms with Crippen LogP contribution in [0.1, 0.15) is 18.9 Å². The highest BCUT2D eigenvalue weighted by Gasteiger charge is 2.44. The van der Waals surface area contributed by atoms with Crippen molar-refractivity contribution in [3.63, 3.8) is 0 Å². The lowest BCUT2D eigenvalue weighted by molar-refractivity contribution is -0.132. The van der Waals surface area contributed by atoms with E-state index in [0.717, 1.165) is 12.0 Å². The summed E-state index contributed by atoms with van der Waals surface area (Å²) in [6, 6.07) is 11.6. The lowest BCUT2D eigenvalue weighted by Crippen LogP contribution is -2.36. The van der Waals surface area contributed by atoms with Crippen molar-refractivity contribution in [3.8, 4) is 6.07 Å². The zero-order valence-corrected chi connectivity index (χ0v) is 11.5. The Morgan fingerprint density at radius 2 is 2.05 bits per heavy atom. The van der Waals surface area contributed by atoms with Gasteiger partial charge < -0.3 is 5.32 Å². The van der Waals surface area contributed by atoms with E-state index < -0.39 is 11.8 Å². The molecule has 1 aliphatic rings. The van der Waals surface area contributed by atoms with Crippen molar-refractivity contribution < 1.29 is 9.59 Å². The fourth-order valence-corrected chi connectivity index (χ4v) is 2.26. The second-order valence-electron chi connectivity index (χ2n) is 5.31. The minimum absolute atomic E-state index is 0.0977. The molecule has 2 rings (SSSR count). The maximum Gasteiger partial charge on any atom is 0.245 e. The highest BCUT2D eigenvalue weighted by molar-refractivity contribution is 6.05. The molecule has 1 aliphatic carbocycles. The Balaban J connectivity index is 1.81. The van der Waals surface area contributed by atoms with Crippen molar-refractivity contribution in [3.05, 3.63) is 35.9 Å². The Morgan fingerprint density at radius 3 is 2.60 bits per heavy atom. The van der Waals surface area contributed by atoms with Crippen molar-refractivity contribution in [2.24, 2.45) is 17.8 Å². The molecule has 0 heterocycles. The van der Waals surface area contributed by atoms with Crippen LogP contribution in [0.3, 0.4) is 0 Å². The van der Waals surface area contributed by atoms with Crippen molar-refractivity contribution >= 4 is 11.7 Å². The van der Waals surface area contributed by atoms with Crippen LogP contribution >= 0.6 is 0 Å². The van der Waals surface area contributed by atoms with Crippen LogP contribution in [0.5, 0.6) is 0 Å². The van der Waals surface area contributed by atoms with Crippen LogP contribution in [-0.2, 0) is 16.0 Å². The second kappa shape index (κ2) is 6.33. The standard InChI is InChI=1S/C16H18N2O2/c1-11-9-13(11)15(19)14(10-17)16(20)18-8-7-12-5-3-2-4-6-12/h2-6,11,13-14H,7-9H2,1H3,(H,18,20)/t11-,13-,14-/m1/s1. The van der Waals surface area contributed by atoms with Crippen LogP contribution in [0, 0.1) is 29.1 Å². The van der Waals surface area contributed by atoms with Gasteiger partial charge in [0.05, 0.1) is 6.07 Å². The molecule has 0 radical (unpaired) electrons. The van der Waals surface area contributed by atoms with Crippen molar-refractivity contribution in [2.75, 3.05) is 6.54 Å². The summed E-state index contributed by atoms with van der Waals surface area (Å²) in [6.07, 6.45) is 1.49. The SMILES string of the molecule is C[C@@H]1C[C@H]1C(=O)[C@@H](C#N)C(=O)NCCc1ccccc1. The van der Waals surface area contributed by atoms with Crippen molar-refractivity contribution in [1.82, 2.24) is 5.32 Å². The molecule has 4 heteroatoms. The van der Waals surface area contributed by atoms with E-state index in [2.05, 4.69) is 5.32 Å². The van der Waals surface area contributed by atoms with E-state index in [1.54, 1.807) is 0 Å². The van der Waals surface area contributed by atoms with Crippen LogP contribution in [0.4, 0.5) is 0 Å². The first-order valence-electron chi connectivity index (χ1n) is 6.88. The van der Waals surface area contributed by atoms with Gasteiger partial charge in [-0.15, -0.1) is 0 Å². The maximum atomic E-state index is 11.9.